The van der Waals surface area contributed by atoms with Crippen molar-refractivity contribution in [3.63, 3.8) is 0 Å². The van der Waals surface area contributed by atoms with Gasteiger partial charge in [0.1, 0.15) is 12.5 Å². The van der Waals surface area contributed by atoms with Crippen LogP contribution in [-0.4, -0.2) is 31.6 Å². The van der Waals surface area contributed by atoms with Crippen molar-refractivity contribution in [2.75, 3.05) is 18.8 Å². The van der Waals surface area contributed by atoms with Gasteiger partial charge in [-0.3, -0.25) is 4.79 Å². The maximum Gasteiger partial charge on any atom is 0.216 e. The molecule has 0 N–H and O–H groups in total. The fraction of sp³-hybridized carbons (Fsp3) is 0.481. The average molecular weight is 479 g/mol. The number of hydrogen-bond acceptors (Lipinski definition) is 7. The second-order valence-corrected chi connectivity index (χ2v) is 10.1. The van der Waals surface area contributed by atoms with Gasteiger partial charge in [0, 0.05) is 25.1 Å². The van der Waals surface area contributed by atoms with Crippen molar-refractivity contribution >= 4 is 28.7 Å². The maximum atomic E-state index is 12.1. The van der Waals surface area contributed by atoms with Gasteiger partial charge in [-0.15, -0.1) is 11.3 Å². The minimum atomic E-state index is -0.387. The first-order valence-corrected chi connectivity index (χ1v) is 12.9. The number of carbonyl (C=O) groups excluding carboxylic acids is 1. The molecular formula is C27H30N2O4S. The highest BCUT2D eigenvalue weighted by Crippen LogP contribution is 2.42. The zero-order valence-corrected chi connectivity index (χ0v) is 20.6. The van der Waals surface area contributed by atoms with Crippen LogP contribution in [0.1, 0.15) is 68.7 Å². The molecule has 2 aliphatic carbocycles. The Morgan fingerprint density at radius 2 is 1.97 bits per heavy atom. The standard InChI is InChI=1S/C27H30N2O4S/c1-19-28-18-29(33-19)21-16-24(34-17-21)11-14-27(12-9-22(30)10-13-27)20-7-8-25(31-2)26(15-20)32-23-5-3-4-6-23/h7-8,15-17,23H,3-6,9-10,12-13,18H2,1-2H3. The number of hydroxylamine groups is 1. The van der Waals surface area contributed by atoms with Crippen LogP contribution in [0.15, 0.2) is 34.6 Å². The Labute approximate surface area is 204 Å². The Hall–Kier alpha value is -2.98. The van der Waals surface area contributed by atoms with E-state index in [1.807, 2.05) is 24.4 Å². The number of rotatable bonds is 5. The number of nitrogens with zero attached hydrogens (tertiary/aromatic N) is 2. The molecule has 0 amide bonds. The molecule has 0 unspecified atom stereocenters. The second kappa shape index (κ2) is 9.71. The van der Waals surface area contributed by atoms with Crippen LogP contribution < -0.4 is 14.5 Å². The van der Waals surface area contributed by atoms with Crippen molar-refractivity contribution < 1.29 is 19.1 Å². The molecule has 34 heavy (non-hydrogen) atoms. The van der Waals surface area contributed by atoms with Gasteiger partial charge in [-0.05, 0) is 62.3 Å². The topological polar surface area (TPSA) is 60.4 Å². The molecule has 1 aromatic carbocycles. The number of Topliss-reactive ketones (excluding diaryl/α,β-unsaturated/α-hetero) is 1. The van der Waals surface area contributed by atoms with E-state index in [0.717, 1.165) is 40.5 Å². The zero-order valence-electron chi connectivity index (χ0n) is 19.8. The van der Waals surface area contributed by atoms with Gasteiger partial charge < -0.3 is 14.3 Å². The van der Waals surface area contributed by atoms with E-state index in [1.165, 1.54) is 12.8 Å². The third-order valence-electron chi connectivity index (χ3n) is 6.94. The van der Waals surface area contributed by atoms with Gasteiger partial charge in [0.05, 0.1) is 29.2 Å². The van der Waals surface area contributed by atoms with Crippen LogP contribution in [0.25, 0.3) is 0 Å². The summed E-state index contributed by atoms with van der Waals surface area (Å²) in [4.78, 5) is 23.0. The predicted molar refractivity (Wildman–Crippen MR) is 134 cm³/mol. The molecule has 2 fully saturated rings. The number of methoxy groups -OCH3 is 1. The van der Waals surface area contributed by atoms with Crippen LogP contribution in [-0.2, 0) is 15.0 Å². The van der Waals surface area contributed by atoms with E-state index >= 15 is 0 Å². The number of hydrogen-bond donors (Lipinski definition) is 0. The second-order valence-electron chi connectivity index (χ2n) is 9.22. The Balaban J connectivity index is 1.44. The Morgan fingerprint density at radius 1 is 1.18 bits per heavy atom. The van der Waals surface area contributed by atoms with Crippen molar-refractivity contribution in [1.82, 2.24) is 0 Å². The zero-order chi connectivity index (χ0) is 23.5. The summed E-state index contributed by atoms with van der Waals surface area (Å²) in [5.74, 6) is 9.50. The highest BCUT2D eigenvalue weighted by molar-refractivity contribution is 7.11. The summed E-state index contributed by atoms with van der Waals surface area (Å²) in [7, 11) is 1.68. The van der Waals surface area contributed by atoms with Crippen LogP contribution in [0, 0.1) is 11.8 Å². The number of benzene rings is 1. The van der Waals surface area contributed by atoms with Gasteiger partial charge in [0.2, 0.25) is 5.90 Å². The molecule has 3 aliphatic rings. The van der Waals surface area contributed by atoms with Crippen molar-refractivity contribution in [3.05, 3.63) is 40.1 Å². The van der Waals surface area contributed by atoms with Gasteiger partial charge in [-0.25, -0.2) is 4.99 Å². The van der Waals surface area contributed by atoms with Crippen LogP contribution in [0.2, 0.25) is 0 Å². The summed E-state index contributed by atoms with van der Waals surface area (Å²) in [5, 5.41) is 3.80. The molecule has 2 saturated carbocycles. The fourth-order valence-electron chi connectivity index (χ4n) is 4.91. The molecule has 178 valence electrons. The summed E-state index contributed by atoms with van der Waals surface area (Å²) < 4.78 is 12.0. The van der Waals surface area contributed by atoms with E-state index in [1.54, 1.807) is 23.5 Å². The molecule has 1 aliphatic heterocycles. The Kier molecular flexibility index (Phi) is 6.51. The molecule has 7 heteroatoms. The number of ketones is 1. The molecular weight excluding hydrogens is 448 g/mol. The number of carbonyl (C=O) groups is 1. The molecule has 0 spiro atoms. The van der Waals surface area contributed by atoms with Gasteiger partial charge in [0.15, 0.2) is 11.5 Å². The lowest BCUT2D eigenvalue weighted by atomic mass is 9.69. The van der Waals surface area contributed by atoms with Gasteiger partial charge in [0.25, 0.3) is 0 Å². The monoisotopic (exact) mass is 478 g/mol. The summed E-state index contributed by atoms with van der Waals surface area (Å²) in [6, 6.07) is 8.20. The number of aliphatic imine (C=N–C) groups is 1. The SMILES string of the molecule is COc1ccc(C2(C#Cc3cc(N4CN=C(C)O4)cs3)CCC(=O)CC2)cc1OC1CCCC1. The van der Waals surface area contributed by atoms with Gasteiger partial charge in [-0.1, -0.05) is 17.9 Å². The number of thiophene rings is 1. The van der Waals surface area contributed by atoms with Crippen LogP contribution >= 0.6 is 11.3 Å². The summed E-state index contributed by atoms with van der Waals surface area (Å²) >= 11 is 1.59. The molecule has 1 aromatic heterocycles. The summed E-state index contributed by atoms with van der Waals surface area (Å²) in [5.41, 5.74) is 1.67. The van der Waals surface area contributed by atoms with Crippen molar-refractivity contribution in [2.45, 2.75) is 69.8 Å². The average Bonchev–Trinajstić information content (AvgIpc) is 3.61. The summed E-state index contributed by atoms with van der Waals surface area (Å²) in [6.45, 7) is 2.35. The molecule has 0 radical (unpaired) electrons. The van der Waals surface area contributed by atoms with Crippen LogP contribution in [0.5, 0.6) is 11.5 Å². The number of anilines is 1. The predicted octanol–water partition coefficient (Wildman–Crippen LogP) is 5.64. The quantitative estimate of drug-likeness (QED) is 0.521. The van der Waals surface area contributed by atoms with Crippen LogP contribution in [0.3, 0.4) is 0 Å². The van der Waals surface area contributed by atoms with E-state index in [-0.39, 0.29) is 11.5 Å². The minimum absolute atomic E-state index is 0.240. The lowest BCUT2D eigenvalue weighted by Gasteiger charge is -2.33. The van der Waals surface area contributed by atoms with E-state index < -0.39 is 0 Å². The van der Waals surface area contributed by atoms with Crippen molar-refractivity contribution in [3.8, 4) is 23.3 Å². The third-order valence-corrected chi connectivity index (χ3v) is 7.77. The third kappa shape index (κ3) is 4.78. The van der Waals surface area contributed by atoms with Gasteiger partial charge >= 0.3 is 0 Å². The first-order valence-electron chi connectivity index (χ1n) is 12.0. The Morgan fingerprint density at radius 3 is 2.68 bits per heavy atom. The molecule has 0 saturated heterocycles. The highest BCUT2D eigenvalue weighted by atomic mass is 32.1. The van der Waals surface area contributed by atoms with Gasteiger partial charge in [-0.2, -0.15) is 5.06 Å². The smallest absolute Gasteiger partial charge is 0.216 e. The lowest BCUT2D eigenvalue weighted by Crippen LogP contribution is -2.30. The van der Waals surface area contributed by atoms with E-state index in [0.29, 0.717) is 44.0 Å². The molecule has 0 atom stereocenters. The van der Waals surface area contributed by atoms with E-state index in [9.17, 15) is 4.79 Å². The molecule has 2 aromatic rings. The summed E-state index contributed by atoms with van der Waals surface area (Å²) in [6.07, 6.45) is 7.35. The normalized spacial score (nSPS) is 19.9. The molecule has 2 heterocycles. The maximum absolute atomic E-state index is 12.1. The number of ether oxygens (including phenoxy) is 2. The first kappa shape index (κ1) is 22.8. The van der Waals surface area contributed by atoms with E-state index in [2.05, 4.69) is 29.0 Å². The minimum Gasteiger partial charge on any atom is -0.493 e. The fourth-order valence-corrected chi connectivity index (χ4v) is 5.64. The highest BCUT2D eigenvalue weighted by Gasteiger charge is 2.36. The molecule has 5 rings (SSSR count). The van der Waals surface area contributed by atoms with Crippen molar-refractivity contribution in [2.24, 2.45) is 4.99 Å². The Bertz CT molecular complexity index is 1140. The first-order chi connectivity index (χ1) is 16.5. The largest absolute Gasteiger partial charge is 0.493 e. The molecule has 6 nitrogen and oxygen atoms in total. The molecule has 0 bridgehead atoms. The van der Waals surface area contributed by atoms with E-state index in [4.69, 9.17) is 14.3 Å². The van der Waals surface area contributed by atoms with Crippen molar-refractivity contribution in [1.29, 1.82) is 0 Å². The lowest BCUT2D eigenvalue weighted by molar-refractivity contribution is -0.120. The van der Waals surface area contributed by atoms with Crippen LogP contribution in [0.4, 0.5) is 5.69 Å².